The molecule has 0 aliphatic heterocycles. The molecular weight excluding hydrogens is 339 g/mol. The highest BCUT2D eigenvalue weighted by Gasteiger charge is 2.23. The van der Waals surface area contributed by atoms with Crippen LogP contribution in [0.25, 0.3) is 0 Å². The van der Waals surface area contributed by atoms with Gasteiger partial charge in [-0.1, -0.05) is 23.2 Å². The van der Waals surface area contributed by atoms with E-state index < -0.39 is 21.7 Å². The summed E-state index contributed by atoms with van der Waals surface area (Å²) in [5, 5.41) is 0.219. The van der Waals surface area contributed by atoms with Crippen molar-refractivity contribution in [2.24, 2.45) is 0 Å². The monoisotopic (exact) mass is 354 g/mol. The molecule has 0 heterocycles. The first-order valence-corrected chi connectivity index (χ1v) is 8.52. The minimum absolute atomic E-state index is 0.0143. The highest BCUT2D eigenvalue weighted by Crippen LogP contribution is 2.30. The summed E-state index contributed by atoms with van der Waals surface area (Å²) in [6, 6.07) is 2.86. The molecule has 0 atom stereocenters. The third-order valence-electron chi connectivity index (χ3n) is 2.22. The van der Waals surface area contributed by atoms with Crippen LogP contribution in [0, 0.1) is 0 Å². The van der Waals surface area contributed by atoms with Gasteiger partial charge in [-0.3, -0.25) is 4.18 Å². The Morgan fingerprint density at radius 3 is 2.29 bits per heavy atom. The zero-order valence-corrected chi connectivity index (χ0v) is 14.4. The smallest absolute Gasteiger partial charge is 0.340 e. The number of rotatable bonds is 4. The lowest BCUT2D eigenvalue weighted by Gasteiger charge is -2.20. The molecular formula is C13H16Cl2O5S. The molecule has 1 aromatic rings. The highest BCUT2D eigenvalue weighted by molar-refractivity contribution is 7.85. The van der Waals surface area contributed by atoms with E-state index in [0.29, 0.717) is 0 Å². The van der Waals surface area contributed by atoms with Crippen LogP contribution in [0.3, 0.4) is 0 Å². The van der Waals surface area contributed by atoms with E-state index in [1.165, 1.54) is 12.1 Å². The van der Waals surface area contributed by atoms with Gasteiger partial charge in [0.15, 0.2) is 0 Å². The number of halogens is 2. The Labute approximate surface area is 134 Å². The summed E-state index contributed by atoms with van der Waals surface area (Å²) in [5.74, 6) is -0.621. The number of hydrogen-bond donors (Lipinski definition) is 0. The number of hydrogen-bond acceptors (Lipinski definition) is 5. The molecule has 0 radical (unpaired) electrons. The Kier molecular flexibility index (Phi) is 5.66. The first kappa shape index (κ1) is 18.2. The Hall–Kier alpha value is -0.820. The van der Waals surface area contributed by atoms with Crippen molar-refractivity contribution in [1.82, 2.24) is 0 Å². The van der Waals surface area contributed by atoms with Crippen molar-refractivity contribution in [2.45, 2.75) is 33.0 Å². The Balaban J connectivity index is 3.12. The molecule has 0 N–H and O–H groups in total. The van der Waals surface area contributed by atoms with Gasteiger partial charge < -0.3 is 4.74 Å². The molecule has 0 bridgehead atoms. The van der Waals surface area contributed by atoms with E-state index in [0.717, 1.165) is 6.26 Å². The fraction of sp³-hybridized carbons (Fsp3) is 0.462. The normalized spacial score (nSPS) is 12.3. The SMILES string of the molecule is CC(C)(C)OC(=O)c1ccc(Cl)c(COS(C)(=O)=O)c1Cl. The zero-order valence-electron chi connectivity index (χ0n) is 12.1. The number of carbonyl (C=O) groups is 1. The van der Waals surface area contributed by atoms with E-state index in [1.807, 2.05) is 0 Å². The lowest BCUT2D eigenvalue weighted by Crippen LogP contribution is -2.24. The van der Waals surface area contributed by atoms with E-state index in [1.54, 1.807) is 20.8 Å². The summed E-state index contributed by atoms with van der Waals surface area (Å²) in [6.07, 6.45) is 0.909. The van der Waals surface area contributed by atoms with E-state index in [4.69, 9.17) is 27.9 Å². The molecule has 21 heavy (non-hydrogen) atoms. The quantitative estimate of drug-likeness (QED) is 0.611. The molecule has 0 unspecified atom stereocenters. The Morgan fingerprint density at radius 2 is 1.81 bits per heavy atom. The fourth-order valence-electron chi connectivity index (χ4n) is 1.39. The number of esters is 1. The van der Waals surface area contributed by atoms with Crippen molar-refractivity contribution in [1.29, 1.82) is 0 Å². The molecule has 1 rings (SSSR count). The molecule has 0 amide bonds. The van der Waals surface area contributed by atoms with Gasteiger partial charge in [-0.15, -0.1) is 0 Å². The summed E-state index contributed by atoms with van der Waals surface area (Å²) in [6.45, 7) is 4.82. The Morgan fingerprint density at radius 1 is 1.24 bits per heavy atom. The van der Waals surface area contributed by atoms with Crippen LogP contribution in [-0.2, 0) is 25.6 Å². The first-order chi connectivity index (χ1) is 9.41. The van der Waals surface area contributed by atoms with Gasteiger partial charge >= 0.3 is 5.97 Å². The van der Waals surface area contributed by atoms with Crippen LogP contribution >= 0.6 is 23.2 Å². The largest absolute Gasteiger partial charge is 0.456 e. The maximum atomic E-state index is 12.0. The molecule has 0 spiro atoms. The van der Waals surface area contributed by atoms with E-state index in [9.17, 15) is 13.2 Å². The predicted octanol–water partition coefficient (Wildman–Crippen LogP) is 3.42. The van der Waals surface area contributed by atoms with E-state index in [-0.39, 0.29) is 27.8 Å². The molecule has 118 valence electrons. The summed E-state index contributed by atoms with van der Waals surface area (Å²) >= 11 is 12.1. The van der Waals surface area contributed by atoms with Gasteiger partial charge in [-0.25, -0.2) is 4.79 Å². The van der Waals surface area contributed by atoms with E-state index in [2.05, 4.69) is 4.18 Å². The second kappa shape index (κ2) is 6.52. The van der Waals surface area contributed by atoms with Crippen molar-refractivity contribution in [3.63, 3.8) is 0 Å². The minimum atomic E-state index is -3.65. The first-order valence-electron chi connectivity index (χ1n) is 5.95. The zero-order chi connectivity index (χ0) is 16.4. The highest BCUT2D eigenvalue weighted by atomic mass is 35.5. The summed E-state index contributed by atoms with van der Waals surface area (Å²) < 4.78 is 32.0. The molecule has 0 saturated carbocycles. The van der Waals surface area contributed by atoms with Gasteiger partial charge in [-0.2, -0.15) is 8.42 Å². The Bertz CT molecular complexity index is 647. The van der Waals surface area contributed by atoms with Gasteiger partial charge in [0.1, 0.15) is 5.60 Å². The standard InChI is InChI=1S/C13H16Cl2O5S/c1-13(2,3)20-12(16)8-5-6-10(14)9(11(8)15)7-19-21(4,17)18/h5-6H,7H2,1-4H3. The summed E-state index contributed by atoms with van der Waals surface area (Å²) in [7, 11) is -3.65. The topological polar surface area (TPSA) is 69.7 Å². The molecule has 0 aliphatic rings. The van der Waals surface area contributed by atoms with Gasteiger partial charge in [0.2, 0.25) is 0 Å². The third-order valence-corrected chi connectivity index (χ3v) is 3.55. The summed E-state index contributed by atoms with van der Waals surface area (Å²) in [4.78, 5) is 12.0. The van der Waals surface area contributed by atoms with Gasteiger partial charge in [0, 0.05) is 10.6 Å². The van der Waals surface area contributed by atoms with Crippen molar-refractivity contribution < 1.29 is 22.1 Å². The van der Waals surface area contributed by atoms with E-state index >= 15 is 0 Å². The van der Waals surface area contributed by atoms with Crippen LogP contribution in [0.1, 0.15) is 36.7 Å². The maximum absolute atomic E-state index is 12.0. The number of carbonyl (C=O) groups excluding carboxylic acids is 1. The van der Waals surface area contributed by atoms with Crippen molar-refractivity contribution >= 4 is 39.3 Å². The van der Waals surface area contributed by atoms with Gasteiger partial charge in [0.25, 0.3) is 10.1 Å². The summed E-state index contributed by atoms with van der Waals surface area (Å²) in [5.41, 5.74) is -0.362. The second-order valence-corrected chi connectivity index (χ2v) is 7.78. The third kappa shape index (κ3) is 5.82. The molecule has 0 fully saturated rings. The van der Waals surface area contributed by atoms with Crippen LogP contribution in [-0.4, -0.2) is 26.2 Å². The van der Waals surface area contributed by atoms with Gasteiger partial charge in [0.05, 0.1) is 23.4 Å². The average Bonchev–Trinajstić information content (AvgIpc) is 2.24. The van der Waals surface area contributed by atoms with Gasteiger partial charge in [-0.05, 0) is 32.9 Å². The average molecular weight is 355 g/mol. The fourth-order valence-corrected chi connectivity index (χ4v) is 2.28. The molecule has 8 heteroatoms. The lowest BCUT2D eigenvalue weighted by molar-refractivity contribution is 0.00696. The molecule has 0 aromatic heterocycles. The van der Waals surface area contributed by atoms with Crippen LogP contribution in [0.4, 0.5) is 0 Å². The molecule has 0 aliphatic carbocycles. The molecule has 0 saturated heterocycles. The van der Waals surface area contributed by atoms with Crippen molar-refractivity contribution in [3.8, 4) is 0 Å². The lowest BCUT2D eigenvalue weighted by atomic mass is 10.1. The number of ether oxygens (including phenoxy) is 1. The minimum Gasteiger partial charge on any atom is -0.456 e. The second-order valence-electron chi connectivity index (χ2n) is 5.36. The molecule has 5 nitrogen and oxygen atoms in total. The molecule has 1 aromatic carbocycles. The van der Waals surface area contributed by atoms with Crippen LogP contribution < -0.4 is 0 Å². The van der Waals surface area contributed by atoms with Crippen LogP contribution in [0.15, 0.2) is 12.1 Å². The predicted molar refractivity (Wildman–Crippen MR) is 81.3 cm³/mol. The van der Waals surface area contributed by atoms with Crippen LogP contribution in [0.2, 0.25) is 10.0 Å². The maximum Gasteiger partial charge on any atom is 0.340 e. The number of benzene rings is 1. The van der Waals surface area contributed by atoms with Crippen molar-refractivity contribution in [2.75, 3.05) is 6.26 Å². The van der Waals surface area contributed by atoms with Crippen LogP contribution in [0.5, 0.6) is 0 Å². The van der Waals surface area contributed by atoms with Crippen molar-refractivity contribution in [3.05, 3.63) is 33.3 Å².